The first-order valence-corrected chi connectivity index (χ1v) is 10.0. The second-order valence-electron chi connectivity index (χ2n) is 8.16. The monoisotopic (exact) mass is 354 g/mol. The fourth-order valence-corrected chi connectivity index (χ4v) is 5.43. The molecule has 130 valence electrons. The van der Waals surface area contributed by atoms with E-state index in [-0.39, 0.29) is 0 Å². The van der Waals surface area contributed by atoms with Gasteiger partial charge in [0, 0.05) is 0 Å². The Bertz CT molecular complexity index is 1450. The van der Waals surface area contributed by atoms with Gasteiger partial charge < -0.3 is 0 Å². The van der Waals surface area contributed by atoms with Crippen LogP contribution in [0, 0.1) is 0 Å². The molecule has 28 heavy (non-hydrogen) atoms. The lowest BCUT2D eigenvalue weighted by Crippen LogP contribution is -2.02. The van der Waals surface area contributed by atoms with Crippen LogP contribution in [0.2, 0.25) is 0 Å². The molecule has 0 aliphatic heterocycles. The Morgan fingerprint density at radius 2 is 1.11 bits per heavy atom. The van der Waals surface area contributed by atoms with Gasteiger partial charge in [0.1, 0.15) is 0 Å². The van der Waals surface area contributed by atoms with E-state index >= 15 is 0 Å². The first-order chi connectivity index (χ1) is 13.9. The number of hydrogen-bond acceptors (Lipinski definition) is 0. The molecular weight excluding hydrogens is 336 g/mol. The van der Waals surface area contributed by atoms with Gasteiger partial charge in [-0.15, -0.1) is 0 Å². The topological polar surface area (TPSA) is 0 Å². The third-order valence-corrected chi connectivity index (χ3v) is 6.66. The molecule has 2 aliphatic rings. The molecule has 2 aliphatic carbocycles. The van der Waals surface area contributed by atoms with Gasteiger partial charge in [0.15, 0.2) is 0 Å². The van der Waals surface area contributed by atoms with Crippen LogP contribution in [0.15, 0.2) is 84.9 Å². The zero-order valence-electron chi connectivity index (χ0n) is 15.5. The Morgan fingerprint density at radius 3 is 2.04 bits per heavy atom. The maximum Gasteiger partial charge on any atom is -0.00130 e. The van der Waals surface area contributed by atoms with Crippen molar-refractivity contribution in [2.45, 2.75) is 12.8 Å². The Labute approximate surface area is 164 Å². The van der Waals surface area contributed by atoms with Crippen LogP contribution >= 0.6 is 0 Å². The van der Waals surface area contributed by atoms with Crippen molar-refractivity contribution in [3.05, 3.63) is 107 Å². The molecule has 0 fully saturated rings. The molecule has 5 aromatic rings. The average molecular weight is 354 g/mol. The van der Waals surface area contributed by atoms with Crippen LogP contribution in [0.3, 0.4) is 0 Å². The van der Waals surface area contributed by atoms with E-state index in [0.717, 1.165) is 12.8 Å². The van der Waals surface area contributed by atoms with E-state index in [0.29, 0.717) is 0 Å². The molecule has 0 saturated carbocycles. The van der Waals surface area contributed by atoms with E-state index in [9.17, 15) is 0 Å². The summed E-state index contributed by atoms with van der Waals surface area (Å²) in [4.78, 5) is 0. The fourth-order valence-electron chi connectivity index (χ4n) is 5.43. The first kappa shape index (κ1) is 14.6. The van der Waals surface area contributed by atoms with Gasteiger partial charge >= 0.3 is 0 Å². The number of benzene rings is 5. The lowest BCUT2D eigenvalue weighted by molar-refractivity contribution is 1.18. The van der Waals surface area contributed by atoms with Crippen LogP contribution in [-0.4, -0.2) is 0 Å². The predicted octanol–water partition coefficient (Wildman–Crippen LogP) is 7.14. The molecule has 0 saturated heterocycles. The summed E-state index contributed by atoms with van der Waals surface area (Å²) in [5.41, 5.74) is 11.5. The molecule has 5 aromatic carbocycles. The van der Waals surface area contributed by atoms with Crippen molar-refractivity contribution >= 4 is 21.5 Å². The second kappa shape index (κ2) is 5.11. The number of rotatable bonds is 0. The van der Waals surface area contributed by atoms with Crippen molar-refractivity contribution in [1.82, 2.24) is 0 Å². The van der Waals surface area contributed by atoms with E-state index in [2.05, 4.69) is 84.9 Å². The highest BCUT2D eigenvalue weighted by Crippen LogP contribution is 2.46. The molecule has 0 heteroatoms. The fraction of sp³-hybridized carbons (Fsp3) is 0.0714. The Kier molecular flexibility index (Phi) is 2.67. The van der Waals surface area contributed by atoms with Gasteiger partial charge in [0.2, 0.25) is 0 Å². The Hall–Kier alpha value is -3.38. The molecule has 0 spiro atoms. The number of hydrogen-bond donors (Lipinski definition) is 0. The van der Waals surface area contributed by atoms with Crippen LogP contribution in [-0.2, 0) is 12.8 Å². The van der Waals surface area contributed by atoms with Crippen LogP contribution < -0.4 is 0 Å². The van der Waals surface area contributed by atoms with Crippen molar-refractivity contribution in [1.29, 1.82) is 0 Å². The summed E-state index contributed by atoms with van der Waals surface area (Å²) in [5, 5.41) is 5.53. The van der Waals surface area contributed by atoms with Gasteiger partial charge in [-0.2, -0.15) is 0 Å². The lowest BCUT2D eigenvalue weighted by atomic mass is 9.80. The highest BCUT2D eigenvalue weighted by molar-refractivity contribution is 6.16. The minimum atomic E-state index is 1.02. The predicted molar refractivity (Wildman–Crippen MR) is 118 cm³/mol. The van der Waals surface area contributed by atoms with Gasteiger partial charge in [-0.3, -0.25) is 0 Å². The quantitative estimate of drug-likeness (QED) is 0.254. The van der Waals surface area contributed by atoms with E-state index in [1.807, 2.05) is 0 Å². The van der Waals surface area contributed by atoms with E-state index < -0.39 is 0 Å². The molecule has 0 heterocycles. The molecule has 0 atom stereocenters. The molecule has 0 radical (unpaired) electrons. The zero-order chi connectivity index (χ0) is 18.2. The van der Waals surface area contributed by atoms with Crippen LogP contribution in [0.5, 0.6) is 0 Å². The normalized spacial score (nSPS) is 13.4. The van der Waals surface area contributed by atoms with Crippen molar-refractivity contribution in [2.75, 3.05) is 0 Å². The third-order valence-electron chi connectivity index (χ3n) is 6.66. The summed E-state index contributed by atoms with van der Waals surface area (Å²) in [6, 6.07) is 31.9. The highest BCUT2D eigenvalue weighted by atomic mass is 14.3. The first-order valence-electron chi connectivity index (χ1n) is 10.0. The Balaban J connectivity index is 1.58. The summed E-state index contributed by atoms with van der Waals surface area (Å²) < 4.78 is 0. The van der Waals surface area contributed by atoms with Gasteiger partial charge in [-0.05, 0) is 97.1 Å². The molecule has 0 N–H and O–H groups in total. The maximum atomic E-state index is 2.48. The third kappa shape index (κ3) is 1.80. The van der Waals surface area contributed by atoms with Crippen molar-refractivity contribution < 1.29 is 0 Å². The van der Waals surface area contributed by atoms with Crippen molar-refractivity contribution in [2.24, 2.45) is 0 Å². The summed E-state index contributed by atoms with van der Waals surface area (Å²) in [5.74, 6) is 0. The summed E-state index contributed by atoms with van der Waals surface area (Å²) in [6.07, 6.45) is 2.07. The molecule has 0 unspecified atom stereocenters. The molecular formula is C28H18. The largest absolute Gasteiger partial charge is 0.0619 e. The minimum Gasteiger partial charge on any atom is -0.0619 e. The van der Waals surface area contributed by atoms with Crippen molar-refractivity contribution in [3.63, 3.8) is 0 Å². The number of fused-ring (bicyclic) bond motifs is 7. The summed E-state index contributed by atoms with van der Waals surface area (Å²) in [7, 11) is 0. The highest BCUT2D eigenvalue weighted by Gasteiger charge is 2.25. The molecule has 0 bridgehead atoms. The van der Waals surface area contributed by atoms with Gasteiger partial charge in [0.05, 0.1) is 0 Å². The van der Waals surface area contributed by atoms with Gasteiger partial charge in [-0.25, -0.2) is 0 Å². The van der Waals surface area contributed by atoms with Crippen LogP contribution in [0.4, 0.5) is 0 Å². The molecule has 0 aromatic heterocycles. The smallest absolute Gasteiger partial charge is 0.00130 e. The van der Waals surface area contributed by atoms with Crippen LogP contribution in [0.1, 0.15) is 22.3 Å². The molecule has 7 rings (SSSR count). The van der Waals surface area contributed by atoms with Gasteiger partial charge in [0.25, 0.3) is 0 Å². The van der Waals surface area contributed by atoms with E-state index in [1.165, 1.54) is 66.1 Å². The van der Waals surface area contributed by atoms with Gasteiger partial charge in [-0.1, -0.05) is 66.7 Å². The van der Waals surface area contributed by atoms with Crippen LogP contribution in [0.25, 0.3) is 43.8 Å². The molecule has 0 amide bonds. The minimum absolute atomic E-state index is 1.02. The average Bonchev–Trinajstić information content (AvgIpc) is 3.10. The standard InChI is InChI=1S/C28H18/c1-4-10-23-17(6-1)12-20-16-26-21(15-25(20)23)13-19-8-5-11-24-22-9-3-2-7-18(22)14-27(26)28(19)24/h1-11,14-16H,12-13H2. The SMILES string of the molecule is c1ccc2c(c1)Cc1cc3c(cc1-2)Cc1cccc2c1c-3cc1ccccc12. The van der Waals surface area contributed by atoms with Crippen molar-refractivity contribution in [3.8, 4) is 22.3 Å². The van der Waals surface area contributed by atoms with E-state index in [4.69, 9.17) is 0 Å². The summed E-state index contributed by atoms with van der Waals surface area (Å²) in [6.45, 7) is 0. The van der Waals surface area contributed by atoms with E-state index in [1.54, 1.807) is 0 Å². The molecule has 0 nitrogen and oxygen atoms in total. The lowest BCUT2D eigenvalue weighted by Gasteiger charge is -2.23. The zero-order valence-corrected chi connectivity index (χ0v) is 15.5. The maximum absolute atomic E-state index is 2.48. The Morgan fingerprint density at radius 1 is 0.429 bits per heavy atom. The second-order valence-corrected chi connectivity index (χ2v) is 8.16. The summed E-state index contributed by atoms with van der Waals surface area (Å²) >= 11 is 0.